The van der Waals surface area contributed by atoms with E-state index in [1.54, 1.807) is 0 Å². The molecule has 0 aliphatic carbocycles. The number of carbonyl (C=O) groups excluding carboxylic acids is 1. The minimum atomic E-state index is -0.982. The van der Waals surface area contributed by atoms with E-state index in [-0.39, 0.29) is 12.1 Å². The molecule has 0 aliphatic rings. The fraction of sp³-hybridized carbons (Fsp3) is 0.182. The van der Waals surface area contributed by atoms with Crippen molar-refractivity contribution in [1.82, 2.24) is 20.1 Å². The molecule has 20 heavy (non-hydrogen) atoms. The van der Waals surface area contributed by atoms with Crippen LogP contribution in [0, 0.1) is 15.9 Å². The zero-order chi connectivity index (χ0) is 14.7. The standard InChI is InChI=1S/C11H10FN5O3/c1-16(5-10-13-6-14-15-10)11(18)7-2-3-8(12)9(4-7)17(19)20/h2-4,6H,5H2,1H3,(H,13,14,15). The Morgan fingerprint density at radius 1 is 1.55 bits per heavy atom. The SMILES string of the molecule is CN(Cc1ncn[nH]1)C(=O)c1ccc(F)c([N+](=O)[O-])c1. The van der Waals surface area contributed by atoms with Gasteiger partial charge in [-0.25, -0.2) is 4.98 Å². The molecule has 1 aromatic carbocycles. The Balaban J connectivity index is 2.20. The van der Waals surface area contributed by atoms with Crippen molar-refractivity contribution in [3.63, 3.8) is 0 Å². The summed E-state index contributed by atoms with van der Waals surface area (Å²) in [6.07, 6.45) is 1.30. The average molecular weight is 279 g/mol. The zero-order valence-corrected chi connectivity index (χ0v) is 10.4. The van der Waals surface area contributed by atoms with E-state index in [1.165, 1.54) is 24.3 Å². The summed E-state index contributed by atoms with van der Waals surface area (Å²) in [4.78, 5) is 27.0. The molecule has 1 amide bonds. The van der Waals surface area contributed by atoms with E-state index in [0.29, 0.717) is 5.82 Å². The van der Waals surface area contributed by atoms with Crippen molar-refractivity contribution in [2.24, 2.45) is 0 Å². The van der Waals surface area contributed by atoms with Gasteiger partial charge in [-0.1, -0.05) is 0 Å². The van der Waals surface area contributed by atoms with E-state index in [2.05, 4.69) is 15.2 Å². The van der Waals surface area contributed by atoms with Crippen molar-refractivity contribution in [3.8, 4) is 0 Å². The fourth-order valence-corrected chi connectivity index (χ4v) is 1.61. The van der Waals surface area contributed by atoms with Crippen LogP contribution in [0.1, 0.15) is 16.2 Å². The molecule has 0 bridgehead atoms. The van der Waals surface area contributed by atoms with Gasteiger partial charge in [0.2, 0.25) is 5.82 Å². The fourth-order valence-electron chi connectivity index (χ4n) is 1.61. The van der Waals surface area contributed by atoms with Crippen molar-refractivity contribution < 1.29 is 14.1 Å². The summed E-state index contributed by atoms with van der Waals surface area (Å²) < 4.78 is 13.2. The van der Waals surface area contributed by atoms with Crippen LogP contribution in [0.15, 0.2) is 24.5 Å². The Hall–Kier alpha value is -2.84. The van der Waals surface area contributed by atoms with Gasteiger partial charge in [-0.2, -0.15) is 9.49 Å². The smallest absolute Gasteiger partial charge is 0.305 e. The van der Waals surface area contributed by atoms with E-state index in [0.717, 1.165) is 12.1 Å². The monoisotopic (exact) mass is 279 g/mol. The molecule has 0 aliphatic heterocycles. The highest BCUT2D eigenvalue weighted by atomic mass is 19.1. The van der Waals surface area contributed by atoms with Crippen LogP contribution in [0.4, 0.5) is 10.1 Å². The van der Waals surface area contributed by atoms with Crippen LogP contribution in [-0.2, 0) is 6.54 Å². The highest BCUT2D eigenvalue weighted by molar-refractivity contribution is 5.94. The first-order valence-corrected chi connectivity index (χ1v) is 5.52. The number of carbonyl (C=O) groups is 1. The predicted molar refractivity (Wildman–Crippen MR) is 65.2 cm³/mol. The summed E-state index contributed by atoms with van der Waals surface area (Å²) in [5, 5.41) is 16.9. The van der Waals surface area contributed by atoms with Crippen molar-refractivity contribution in [2.45, 2.75) is 6.54 Å². The van der Waals surface area contributed by atoms with Crippen molar-refractivity contribution in [2.75, 3.05) is 7.05 Å². The molecule has 0 saturated heterocycles. The summed E-state index contributed by atoms with van der Waals surface area (Å²) >= 11 is 0. The van der Waals surface area contributed by atoms with Gasteiger partial charge < -0.3 is 4.90 Å². The molecule has 1 aromatic heterocycles. The molecule has 1 N–H and O–H groups in total. The number of hydrogen-bond donors (Lipinski definition) is 1. The van der Waals surface area contributed by atoms with Crippen molar-refractivity contribution in [1.29, 1.82) is 0 Å². The van der Waals surface area contributed by atoms with E-state index in [9.17, 15) is 19.3 Å². The van der Waals surface area contributed by atoms with Crippen LogP contribution in [0.25, 0.3) is 0 Å². The molecule has 104 valence electrons. The van der Waals surface area contributed by atoms with Gasteiger partial charge in [0.05, 0.1) is 11.5 Å². The minimum Gasteiger partial charge on any atom is -0.334 e. The lowest BCUT2D eigenvalue weighted by Gasteiger charge is -2.15. The quantitative estimate of drug-likeness (QED) is 0.667. The van der Waals surface area contributed by atoms with Crippen LogP contribution in [0.5, 0.6) is 0 Å². The van der Waals surface area contributed by atoms with Gasteiger partial charge in [-0.15, -0.1) is 0 Å². The average Bonchev–Trinajstić information content (AvgIpc) is 2.91. The van der Waals surface area contributed by atoms with Crippen molar-refractivity contribution >= 4 is 11.6 Å². The molecular formula is C11H10FN5O3. The first-order valence-electron chi connectivity index (χ1n) is 5.52. The predicted octanol–water partition coefficient (Wildman–Crippen LogP) is 1.12. The molecule has 2 aromatic rings. The number of H-pyrrole nitrogens is 1. The van der Waals surface area contributed by atoms with Gasteiger partial charge in [0.25, 0.3) is 5.91 Å². The third-order valence-corrected chi connectivity index (χ3v) is 2.59. The molecule has 9 heteroatoms. The zero-order valence-electron chi connectivity index (χ0n) is 10.4. The molecular weight excluding hydrogens is 269 g/mol. The number of hydrogen-bond acceptors (Lipinski definition) is 5. The summed E-state index contributed by atoms with van der Waals surface area (Å²) in [6.45, 7) is 0.157. The molecule has 8 nitrogen and oxygen atoms in total. The Morgan fingerprint density at radius 2 is 2.30 bits per heavy atom. The Morgan fingerprint density at radius 3 is 2.90 bits per heavy atom. The third-order valence-electron chi connectivity index (χ3n) is 2.59. The molecule has 0 atom stereocenters. The number of nitrogens with zero attached hydrogens (tertiary/aromatic N) is 4. The summed E-state index contributed by atoms with van der Waals surface area (Å²) in [5.41, 5.74) is -0.705. The molecule has 0 fully saturated rings. The minimum absolute atomic E-state index is 0.0279. The molecule has 0 radical (unpaired) electrons. The van der Waals surface area contributed by atoms with Crippen LogP contribution in [0.2, 0.25) is 0 Å². The summed E-state index contributed by atoms with van der Waals surface area (Å²) in [6, 6.07) is 3.00. The van der Waals surface area contributed by atoms with Gasteiger partial charge in [0.15, 0.2) is 0 Å². The number of aromatic nitrogens is 3. The van der Waals surface area contributed by atoms with Crippen LogP contribution in [-0.4, -0.2) is 38.0 Å². The number of nitro groups is 1. The number of halogens is 1. The highest BCUT2D eigenvalue weighted by Crippen LogP contribution is 2.19. The van der Waals surface area contributed by atoms with Gasteiger partial charge in [-0.05, 0) is 12.1 Å². The number of amides is 1. The largest absolute Gasteiger partial charge is 0.334 e. The number of nitrogens with one attached hydrogen (secondary N) is 1. The topological polar surface area (TPSA) is 105 Å². The maximum Gasteiger partial charge on any atom is 0.305 e. The summed E-state index contributed by atoms with van der Waals surface area (Å²) in [7, 11) is 1.50. The molecule has 0 unspecified atom stereocenters. The number of rotatable bonds is 4. The van der Waals surface area contributed by atoms with E-state index < -0.39 is 22.3 Å². The molecule has 1 heterocycles. The second kappa shape index (κ2) is 5.43. The van der Waals surface area contributed by atoms with Gasteiger partial charge in [0.1, 0.15) is 12.2 Å². The van der Waals surface area contributed by atoms with Crippen molar-refractivity contribution in [3.05, 3.63) is 51.8 Å². The normalized spacial score (nSPS) is 10.3. The van der Waals surface area contributed by atoms with E-state index >= 15 is 0 Å². The van der Waals surface area contributed by atoms with Gasteiger partial charge >= 0.3 is 5.69 Å². The lowest BCUT2D eigenvalue weighted by molar-refractivity contribution is -0.387. The van der Waals surface area contributed by atoms with E-state index in [4.69, 9.17) is 0 Å². The van der Waals surface area contributed by atoms with Crippen LogP contribution < -0.4 is 0 Å². The molecule has 2 rings (SSSR count). The van der Waals surface area contributed by atoms with Gasteiger partial charge in [0, 0.05) is 18.7 Å². The maximum absolute atomic E-state index is 13.2. The first-order chi connectivity index (χ1) is 9.49. The third kappa shape index (κ3) is 2.76. The Kier molecular flexibility index (Phi) is 3.69. The number of benzene rings is 1. The number of nitro benzene ring substituents is 1. The Labute approximate surface area is 112 Å². The van der Waals surface area contributed by atoms with E-state index in [1.807, 2.05) is 0 Å². The number of aromatic amines is 1. The van der Waals surface area contributed by atoms with Crippen LogP contribution >= 0.6 is 0 Å². The molecule has 0 spiro atoms. The Bertz CT molecular complexity index is 644. The van der Waals surface area contributed by atoms with Crippen LogP contribution in [0.3, 0.4) is 0 Å². The highest BCUT2D eigenvalue weighted by Gasteiger charge is 2.20. The summed E-state index contributed by atoms with van der Waals surface area (Å²) in [5.74, 6) is -0.994. The second-order valence-electron chi connectivity index (χ2n) is 4.02. The first kappa shape index (κ1) is 13.6. The maximum atomic E-state index is 13.2. The second-order valence-corrected chi connectivity index (χ2v) is 4.02. The van der Waals surface area contributed by atoms with Gasteiger partial charge in [-0.3, -0.25) is 20.0 Å². The molecule has 0 saturated carbocycles. The lowest BCUT2D eigenvalue weighted by Crippen LogP contribution is -2.26. The lowest BCUT2D eigenvalue weighted by atomic mass is 10.1.